The highest BCUT2D eigenvalue weighted by Crippen LogP contribution is 2.37. The molecule has 8 heteroatoms. The largest absolute Gasteiger partial charge is 0.369 e. The number of benzene rings is 2. The molecule has 1 aliphatic rings. The number of carbonyl (C=O) groups is 1. The van der Waals surface area contributed by atoms with Crippen molar-refractivity contribution in [1.29, 1.82) is 0 Å². The second-order valence-electron chi connectivity index (χ2n) is 10.1. The monoisotopic (exact) mass is 524 g/mol. The Morgan fingerprint density at radius 1 is 1.05 bits per heavy atom. The van der Waals surface area contributed by atoms with Gasteiger partial charge in [0, 0.05) is 60.3 Å². The number of aromatic amines is 1. The smallest absolute Gasteiger partial charge is 0.229 e. The number of fused-ring (bicyclic) bond motifs is 2. The van der Waals surface area contributed by atoms with Gasteiger partial charge in [-0.1, -0.05) is 18.2 Å². The number of Topliss-reactive ketones (excluding diaryl/α,β-unsaturated/α-hetero) is 1. The van der Waals surface area contributed by atoms with Gasteiger partial charge < -0.3 is 24.9 Å². The number of hydrogen-bond donors (Lipinski definition) is 2. The van der Waals surface area contributed by atoms with Gasteiger partial charge in [-0.05, 0) is 74.2 Å². The molecule has 0 saturated carbocycles. The summed E-state index contributed by atoms with van der Waals surface area (Å²) in [5, 5.41) is 5.68. The summed E-state index contributed by atoms with van der Waals surface area (Å²) in [6.07, 6.45) is 4.35. The maximum atomic E-state index is 11.3. The van der Waals surface area contributed by atoms with Crippen molar-refractivity contribution in [3.63, 3.8) is 0 Å². The lowest BCUT2D eigenvalue weighted by molar-refractivity contribution is -0.117. The van der Waals surface area contributed by atoms with E-state index in [-0.39, 0.29) is 5.78 Å². The topological polar surface area (TPSA) is 77.2 Å². The number of thiophene rings is 1. The quantitative estimate of drug-likeness (QED) is 0.250. The Hall–Kier alpha value is -3.75. The van der Waals surface area contributed by atoms with E-state index in [9.17, 15) is 4.79 Å². The van der Waals surface area contributed by atoms with Crippen LogP contribution in [-0.2, 0) is 11.2 Å². The molecule has 1 saturated heterocycles. The highest BCUT2D eigenvalue weighted by molar-refractivity contribution is 7.22. The molecule has 1 aliphatic heterocycles. The summed E-state index contributed by atoms with van der Waals surface area (Å²) in [5.41, 5.74) is 5.20. The van der Waals surface area contributed by atoms with E-state index < -0.39 is 0 Å². The lowest BCUT2D eigenvalue weighted by atomic mass is 10.1. The molecule has 0 atom stereocenters. The average molecular weight is 525 g/mol. The van der Waals surface area contributed by atoms with Gasteiger partial charge in [0.05, 0.1) is 10.6 Å². The molecule has 38 heavy (non-hydrogen) atoms. The molecule has 4 heterocycles. The molecule has 6 rings (SSSR count). The third kappa shape index (κ3) is 5.28. The van der Waals surface area contributed by atoms with Crippen molar-refractivity contribution < 1.29 is 4.79 Å². The van der Waals surface area contributed by atoms with E-state index in [0.29, 0.717) is 12.4 Å². The second-order valence-corrected chi connectivity index (χ2v) is 11.2. The van der Waals surface area contributed by atoms with E-state index in [1.54, 1.807) is 18.3 Å². The number of piperazine rings is 1. The SMILES string of the molecule is CC(=O)CCCc1ccc2sc(-c3nc(Nc4cccc(N5CCN(C)CC5)c4)nc4[nH]ccc34)cc2c1. The highest BCUT2D eigenvalue weighted by atomic mass is 32.1. The van der Waals surface area contributed by atoms with Crippen LogP contribution in [-0.4, -0.2) is 58.9 Å². The van der Waals surface area contributed by atoms with Crippen molar-refractivity contribution in [3.8, 4) is 10.6 Å². The first-order valence-corrected chi connectivity index (χ1v) is 14.0. The van der Waals surface area contributed by atoms with Crippen molar-refractivity contribution in [2.45, 2.75) is 26.2 Å². The molecule has 5 aromatic rings. The fourth-order valence-electron chi connectivity index (χ4n) is 5.07. The summed E-state index contributed by atoms with van der Waals surface area (Å²) in [4.78, 5) is 30.2. The standard InChI is InChI=1S/C30H32N6OS/c1-20(37)5-3-6-21-9-10-26-22(17-21)18-27(38-26)28-25-11-12-31-29(25)34-30(33-28)32-23-7-4-8-24(19-23)36-15-13-35(2)14-16-36/h4,7-12,17-19H,3,5-6,13-16H2,1-2H3,(H2,31,32,33,34). The van der Waals surface area contributed by atoms with Gasteiger partial charge in [0.1, 0.15) is 11.4 Å². The van der Waals surface area contributed by atoms with Crippen molar-refractivity contribution >= 4 is 55.6 Å². The molecule has 0 radical (unpaired) electrons. The number of hydrogen-bond acceptors (Lipinski definition) is 7. The van der Waals surface area contributed by atoms with Crippen LogP contribution in [0.2, 0.25) is 0 Å². The van der Waals surface area contributed by atoms with Crippen LogP contribution in [0.25, 0.3) is 31.7 Å². The van der Waals surface area contributed by atoms with E-state index >= 15 is 0 Å². The lowest BCUT2D eigenvalue weighted by Crippen LogP contribution is -2.44. The molecule has 3 aromatic heterocycles. The molecule has 2 aromatic carbocycles. The van der Waals surface area contributed by atoms with Gasteiger partial charge in [-0.15, -0.1) is 11.3 Å². The molecule has 1 fully saturated rings. The van der Waals surface area contributed by atoms with Gasteiger partial charge in [0.15, 0.2) is 0 Å². The van der Waals surface area contributed by atoms with Crippen LogP contribution in [0.1, 0.15) is 25.3 Å². The summed E-state index contributed by atoms with van der Waals surface area (Å²) in [5.74, 6) is 0.825. The summed E-state index contributed by atoms with van der Waals surface area (Å²) >= 11 is 1.75. The Morgan fingerprint density at radius 2 is 1.92 bits per heavy atom. The van der Waals surface area contributed by atoms with E-state index in [0.717, 1.165) is 66.3 Å². The number of likely N-dealkylation sites (N-methyl/N-ethyl adjacent to an activating group) is 1. The fourth-order valence-corrected chi connectivity index (χ4v) is 6.11. The molecule has 0 amide bonds. The number of rotatable bonds is 8. The van der Waals surface area contributed by atoms with E-state index in [2.05, 4.69) is 75.7 Å². The van der Waals surface area contributed by atoms with Gasteiger partial charge >= 0.3 is 0 Å². The van der Waals surface area contributed by atoms with Gasteiger partial charge in [0.2, 0.25) is 5.95 Å². The Labute approximate surface area is 226 Å². The van der Waals surface area contributed by atoms with Gasteiger partial charge in [0.25, 0.3) is 0 Å². The van der Waals surface area contributed by atoms with E-state index in [1.807, 2.05) is 12.3 Å². The molecule has 0 spiro atoms. The molecule has 7 nitrogen and oxygen atoms in total. The predicted molar refractivity (Wildman–Crippen MR) is 158 cm³/mol. The zero-order valence-electron chi connectivity index (χ0n) is 21.8. The van der Waals surface area contributed by atoms with E-state index in [1.165, 1.54) is 21.3 Å². The summed E-state index contributed by atoms with van der Waals surface area (Å²) < 4.78 is 1.23. The van der Waals surface area contributed by atoms with Crippen LogP contribution in [0.5, 0.6) is 0 Å². The Kier molecular flexibility index (Phi) is 6.82. The van der Waals surface area contributed by atoms with Crippen molar-refractivity contribution in [1.82, 2.24) is 19.9 Å². The second kappa shape index (κ2) is 10.6. The summed E-state index contributed by atoms with van der Waals surface area (Å²) in [6.45, 7) is 5.86. The van der Waals surface area contributed by atoms with Gasteiger partial charge in [-0.2, -0.15) is 4.98 Å². The normalized spacial score (nSPS) is 14.4. The maximum Gasteiger partial charge on any atom is 0.229 e. The molecule has 0 aliphatic carbocycles. The van der Waals surface area contributed by atoms with Gasteiger partial charge in [-0.25, -0.2) is 4.98 Å². The number of nitrogens with zero attached hydrogens (tertiary/aromatic N) is 4. The van der Waals surface area contributed by atoms with Crippen LogP contribution < -0.4 is 10.2 Å². The Morgan fingerprint density at radius 3 is 2.76 bits per heavy atom. The predicted octanol–water partition coefficient (Wildman–Crippen LogP) is 6.25. The van der Waals surface area contributed by atoms with Crippen LogP contribution in [0.4, 0.5) is 17.3 Å². The zero-order chi connectivity index (χ0) is 26.1. The summed E-state index contributed by atoms with van der Waals surface area (Å²) in [7, 11) is 2.17. The fraction of sp³-hybridized carbons (Fsp3) is 0.300. The Balaban J connectivity index is 1.28. The first-order valence-electron chi connectivity index (χ1n) is 13.2. The van der Waals surface area contributed by atoms with Crippen molar-refractivity contribution in [2.24, 2.45) is 0 Å². The van der Waals surface area contributed by atoms with Gasteiger partial charge in [-0.3, -0.25) is 0 Å². The minimum atomic E-state index is 0.249. The number of aromatic nitrogens is 3. The van der Waals surface area contributed by atoms with Crippen LogP contribution in [0.15, 0.2) is 60.8 Å². The van der Waals surface area contributed by atoms with Crippen molar-refractivity contribution in [3.05, 3.63) is 66.4 Å². The van der Waals surface area contributed by atoms with Crippen LogP contribution in [0.3, 0.4) is 0 Å². The van der Waals surface area contributed by atoms with E-state index in [4.69, 9.17) is 9.97 Å². The first-order chi connectivity index (χ1) is 18.5. The summed E-state index contributed by atoms with van der Waals surface area (Å²) in [6, 6.07) is 19.4. The number of ketones is 1. The molecule has 194 valence electrons. The van der Waals surface area contributed by atoms with Crippen LogP contribution >= 0.6 is 11.3 Å². The number of anilines is 3. The molecule has 2 N–H and O–H groups in total. The zero-order valence-corrected chi connectivity index (χ0v) is 22.6. The molecular formula is C30H32N6OS. The molecule has 0 bridgehead atoms. The molecular weight excluding hydrogens is 492 g/mol. The Bertz CT molecular complexity index is 1600. The van der Waals surface area contributed by atoms with Crippen molar-refractivity contribution in [2.75, 3.05) is 43.4 Å². The minimum Gasteiger partial charge on any atom is -0.369 e. The lowest BCUT2D eigenvalue weighted by Gasteiger charge is -2.34. The number of H-pyrrole nitrogens is 1. The first kappa shape index (κ1) is 24.6. The average Bonchev–Trinajstić information content (AvgIpc) is 3.55. The number of carbonyl (C=O) groups excluding carboxylic acids is 1. The maximum absolute atomic E-state index is 11.3. The number of aryl methyl sites for hydroxylation is 1. The van der Waals surface area contributed by atoms with Crippen LogP contribution in [0, 0.1) is 0 Å². The third-order valence-electron chi connectivity index (χ3n) is 7.19. The number of nitrogens with one attached hydrogen (secondary N) is 2. The third-order valence-corrected chi connectivity index (χ3v) is 8.32. The highest BCUT2D eigenvalue weighted by Gasteiger charge is 2.16. The minimum absolute atomic E-state index is 0.249. The molecule has 0 unspecified atom stereocenters.